The summed E-state index contributed by atoms with van der Waals surface area (Å²) in [5, 5.41) is 9.27. The predicted octanol–water partition coefficient (Wildman–Crippen LogP) is 1.39. The zero-order valence-corrected chi connectivity index (χ0v) is 9.36. The first kappa shape index (κ1) is 12.2. The lowest BCUT2D eigenvalue weighted by molar-refractivity contribution is 0.141. The van der Waals surface area contributed by atoms with Crippen LogP contribution in [0.5, 0.6) is 0 Å². The van der Waals surface area contributed by atoms with Crippen molar-refractivity contribution < 1.29 is 9.94 Å². The normalized spacial score (nSPS) is 11.7. The van der Waals surface area contributed by atoms with E-state index in [0.29, 0.717) is 6.61 Å². The van der Waals surface area contributed by atoms with Crippen LogP contribution in [-0.4, -0.2) is 18.3 Å². The Morgan fingerprint density at radius 1 is 1.40 bits per heavy atom. The molecule has 0 fully saturated rings. The largest absolute Gasteiger partial charge is 0.395 e. The average Bonchev–Trinajstić information content (AvgIpc) is 2.27. The Hall–Kier alpha value is -0.900. The number of benzene rings is 1. The molecule has 15 heavy (non-hydrogen) atoms. The van der Waals surface area contributed by atoms with Gasteiger partial charge in [-0.3, -0.25) is 0 Å². The fourth-order valence-electron chi connectivity index (χ4n) is 1.42. The smallest absolute Gasteiger partial charge is 0.0719 e. The Bertz CT molecular complexity index is 310. The molecule has 1 aromatic carbocycles. The van der Waals surface area contributed by atoms with Crippen molar-refractivity contribution in [2.45, 2.75) is 25.7 Å². The maximum atomic E-state index is 9.27. The number of hydrogen-bond acceptors (Lipinski definition) is 3. The topological polar surface area (TPSA) is 55.5 Å². The summed E-state index contributed by atoms with van der Waals surface area (Å²) in [6, 6.07) is 8.16. The van der Waals surface area contributed by atoms with Crippen molar-refractivity contribution in [2.75, 3.05) is 13.2 Å². The summed E-state index contributed by atoms with van der Waals surface area (Å²) in [6.45, 7) is 4.70. The summed E-state index contributed by atoms with van der Waals surface area (Å²) in [5.74, 6) is 4.99. The minimum Gasteiger partial charge on any atom is -0.395 e. The van der Waals surface area contributed by atoms with E-state index in [1.54, 1.807) is 0 Å². The van der Waals surface area contributed by atoms with Gasteiger partial charge in [0.1, 0.15) is 0 Å². The molecule has 0 spiro atoms. The second-order valence-electron chi connectivity index (χ2n) is 4.36. The lowest BCUT2D eigenvalue weighted by Crippen LogP contribution is -2.22. The Labute approximate surface area is 90.8 Å². The zero-order valence-electron chi connectivity index (χ0n) is 9.36. The van der Waals surface area contributed by atoms with Crippen LogP contribution in [0.2, 0.25) is 0 Å². The van der Waals surface area contributed by atoms with E-state index in [2.05, 4.69) is 10.9 Å². The van der Waals surface area contributed by atoms with Gasteiger partial charge < -0.3 is 9.94 Å². The number of rotatable bonds is 5. The standard InChI is InChI=1S/C12H19NO2/c1-12(2,9-14)11-5-3-4-10(8-11)6-7-15-13/h3-5,8,14H,6-7,9,13H2,1-2H3. The first-order chi connectivity index (χ1) is 7.10. The fraction of sp³-hybridized carbons (Fsp3) is 0.500. The molecule has 0 aromatic heterocycles. The molecule has 0 aliphatic heterocycles. The van der Waals surface area contributed by atoms with E-state index >= 15 is 0 Å². The molecule has 3 heteroatoms. The molecule has 0 aliphatic carbocycles. The molecule has 1 rings (SSSR count). The third-order valence-corrected chi connectivity index (χ3v) is 2.61. The molecular weight excluding hydrogens is 190 g/mol. The quantitative estimate of drug-likeness (QED) is 0.720. The highest BCUT2D eigenvalue weighted by molar-refractivity contribution is 5.29. The minimum atomic E-state index is -0.195. The maximum Gasteiger partial charge on any atom is 0.0719 e. The van der Waals surface area contributed by atoms with Gasteiger partial charge in [-0.15, -0.1) is 0 Å². The second-order valence-corrected chi connectivity index (χ2v) is 4.36. The van der Waals surface area contributed by atoms with Gasteiger partial charge in [-0.2, -0.15) is 0 Å². The van der Waals surface area contributed by atoms with E-state index in [4.69, 9.17) is 5.90 Å². The molecule has 0 aliphatic rings. The van der Waals surface area contributed by atoms with Crippen molar-refractivity contribution in [3.63, 3.8) is 0 Å². The maximum absolute atomic E-state index is 9.27. The molecule has 0 radical (unpaired) electrons. The monoisotopic (exact) mass is 209 g/mol. The molecular formula is C12H19NO2. The van der Waals surface area contributed by atoms with E-state index in [0.717, 1.165) is 12.0 Å². The summed E-state index contributed by atoms with van der Waals surface area (Å²) >= 11 is 0. The molecule has 84 valence electrons. The van der Waals surface area contributed by atoms with Gasteiger partial charge in [-0.25, -0.2) is 5.90 Å². The lowest BCUT2D eigenvalue weighted by atomic mass is 9.84. The van der Waals surface area contributed by atoms with Crippen LogP contribution < -0.4 is 5.90 Å². The van der Waals surface area contributed by atoms with Gasteiger partial charge in [-0.05, 0) is 17.5 Å². The molecule has 0 saturated carbocycles. The number of hydrogen-bond donors (Lipinski definition) is 2. The first-order valence-electron chi connectivity index (χ1n) is 5.12. The molecule has 0 unspecified atom stereocenters. The van der Waals surface area contributed by atoms with Gasteiger partial charge in [0.25, 0.3) is 0 Å². The van der Waals surface area contributed by atoms with Crippen LogP contribution in [-0.2, 0) is 16.7 Å². The molecule has 0 amide bonds. The van der Waals surface area contributed by atoms with Crippen molar-refractivity contribution in [3.8, 4) is 0 Å². The highest BCUT2D eigenvalue weighted by Crippen LogP contribution is 2.23. The summed E-state index contributed by atoms with van der Waals surface area (Å²) in [6.07, 6.45) is 0.797. The molecule has 3 N–H and O–H groups in total. The summed E-state index contributed by atoms with van der Waals surface area (Å²) in [5.41, 5.74) is 2.12. The second kappa shape index (κ2) is 5.26. The third kappa shape index (κ3) is 3.30. The molecule has 0 heterocycles. The zero-order chi connectivity index (χ0) is 11.3. The van der Waals surface area contributed by atoms with Crippen molar-refractivity contribution in [1.29, 1.82) is 0 Å². The van der Waals surface area contributed by atoms with Crippen molar-refractivity contribution in [1.82, 2.24) is 0 Å². The van der Waals surface area contributed by atoms with E-state index in [1.165, 1.54) is 5.56 Å². The van der Waals surface area contributed by atoms with Gasteiger partial charge in [0.15, 0.2) is 0 Å². The van der Waals surface area contributed by atoms with Gasteiger partial charge in [0, 0.05) is 5.41 Å². The third-order valence-electron chi connectivity index (χ3n) is 2.61. The van der Waals surface area contributed by atoms with E-state index in [1.807, 2.05) is 32.0 Å². The number of aliphatic hydroxyl groups is 1. The molecule has 0 saturated heterocycles. The molecule has 3 nitrogen and oxygen atoms in total. The van der Waals surface area contributed by atoms with Crippen LogP contribution in [0.1, 0.15) is 25.0 Å². The Balaban J connectivity index is 2.82. The van der Waals surface area contributed by atoms with Crippen LogP contribution in [0, 0.1) is 0 Å². The summed E-state index contributed by atoms with van der Waals surface area (Å²) in [7, 11) is 0. The average molecular weight is 209 g/mol. The predicted molar refractivity (Wildman–Crippen MR) is 60.4 cm³/mol. The molecule has 0 atom stereocenters. The van der Waals surface area contributed by atoms with Crippen LogP contribution in [0.25, 0.3) is 0 Å². The number of nitrogens with two attached hydrogens (primary N) is 1. The summed E-state index contributed by atoms with van der Waals surface area (Å²) in [4.78, 5) is 4.55. The Morgan fingerprint density at radius 2 is 2.13 bits per heavy atom. The van der Waals surface area contributed by atoms with E-state index < -0.39 is 0 Å². The van der Waals surface area contributed by atoms with Crippen molar-refractivity contribution in [2.24, 2.45) is 5.90 Å². The Morgan fingerprint density at radius 3 is 2.73 bits per heavy atom. The van der Waals surface area contributed by atoms with Gasteiger partial charge in [0.2, 0.25) is 0 Å². The summed E-state index contributed by atoms with van der Waals surface area (Å²) < 4.78 is 0. The highest BCUT2D eigenvalue weighted by atomic mass is 16.6. The van der Waals surface area contributed by atoms with Gasteiger partial charge >= 0.3 is 0 Å². The lowest BCUT2D eigenvalue weighted by Gasteiger charge is -2.22. The fourth-order valence-corrected chi connectivity index (χ4v) is 1.42. The minimum absolute atomic E-state index is 0.143. The van der Waals surface area contributed by atoms with Gasteiger partial charge in [0.05, 0.1) is 13.2 Å². The first-order valence-corrected chi connectivity index (χ1v) is 5.12. The van der Waals surface area contributed by atoms with Gasteiger partial charge in [-0.1, -0.05) is 38.1 Å². The van der Waals surface area contributed by atoms with Crippen LogP contribution in [0.4, 0.5) is 0 Å². The van der Waals surface area contributed by atoms with E-state index in [-0.39, 0.29) is 12.0 Å². The highest BCUT2D eigenvalue weighted by Gasteiger charge is 2.19. The van der Waals surface area contributed by atoms with E-state index in [9.17, 15) is 5.11 Å². The molecule has 0 bridgehead atoms. The van der Waals surface area contributed by atoms with Crippen LogP contribution in [0.3, 0.4) is 0 Å². The Kier molecular flexibility index (Phi) is 4.27. The molecule has 1 aromatic rings. The number of aliphatic hydroxyl groups excluding tert-OH is 1. The SMILES string of the molecule is CC(C)(CO)c1cccc(CCON)c1. The van der Waals surface area contributed by atoms with Crippen molar-refractivity contribution in [3.05, 3.63) is 35.4 Å². The van der Waals surface area contributed by atoms with Crippen molar-refractivity contribution >= 4 is 0 Å². The van der Waals surface area contributed by atoms with Crippen LogP contribution in [0.15, 0.2) is 24.3 Å². The van der Waals surface area contributed by atoms with Crippen LogP contribution >= 0.6 is 0 Å².